The normalized spacial score (nSPS) is 12.2. The van der Waals surface area contributed by atoms with E-state index in [1.807, 2.05) is 49.4 Å². The molecule has 0 aliphatic carbocycles. The van der Waals surface area contributed by atoms with E-state index in [0.29, 0.717) is 11.7 Å². The molecule has 1 atom stereocenters. The van der Waals surface area contributed by atoms with E-state index in [-0.39, 0.29) is 16.8 Å². The monoisotopic (exact) mass is 356 g/mol. The molecule has 6 nitrogen and oxygen atoms in total. The molecule has 130 valence electrons. The minimum atomic E-state index is -0.378. The highest BCUT2D eigenvalue weighted by atomic mass is 32.2. The number of rotatable bonds is 6. The van der Waals surface area contributed by atoms with E-state index in [2.05, 4.69) is 15.5 Å². The van der Waals surface area contributed by atoms with Crippen LogP contribution in [0.2, 0.25) is 0 Å². The largest absolute Gasteiger partial charge is 0.343 e. The number of fused-ring (bicyclic) bond motifs is 1. The molecule has 1 aromatic heterocycles. The third-order valence-electron chi connectivity index (χ3n) is 3.84. The third-order valence-corrected chi connectivity index (χ3v) is 4.93. The van der Waals surface area contributed by atoms with Crippen molar-refractivity contribution in [3.63, 3.8) is 0 Å². The van der Waals surface area contributed by atoms with Crippen LogP contribution < -0.4 is 11.0 Å². The second kappa shape index (κ2) is 7.57. The zero-order chi connectivity index (χ0) is 17.8. The average molecular weight is 356 g/mol. The van der Waals surface area contributed by atoms with E-state index in [4.69, 9.17) is 0 Å². The Labute approximate surface area is 149 Å². The molecule has 2 N–H and O–H groups in total. The number of H-pyrrole nitrogens is 1. The molecule has 1 heterocycles. The number of nitrogens with zero attached hydrogens (tertiary/aromatic N) is 2. The summed E-state index contributed by atoms with van der Waals surface area (Å²) in [5.41, 5.74) is 0.510. The number of anilines is 1. The molecule has 3 aromatic rings. The van der Waals surface area contributed by atoms with Crippen molar-refractivity contribution in [2.24, 2.45) is 0 Å². The zero-order valence-corrected chi connectivity index (χ0v) is 15.0. The molecular formula is C18H20N4O2S. The summed E-state index contributed by atoms with van der Waals surface area (Å²) in [6.45, 7) is 4.37. The molecule has 0 fully saturated rings. The van der Waals surface area contributed by atoms with E-state index >= 15 is 0 Å². The molecule has 0 spiro atoms. The Morgan fingerprint density at radius 3 is 2.80 bits per heavy atom. The molecule has 1 amide bonds. The summed E-state index contributed by atoms with van der Waals surface area (Å²) in [5, 5.41) is 11.7. The van der Waals surface area contributed by atoms with Gasteiger partial charge >= 0.3 is 5.69 Å². The Bertz CT molecular complexity index is 947. The lowest BCUT2D eigenvalue weighted by Crippen LogP contribution is -2.24. The summed E-state index contributed by atoms with van der Waals surface area (Å²) in [4.78, 5) is 24.2. The molecule has 3 rings (SSSR count). The lowest BCUT2D eigenvalue weighted by atomic mass is 10.1. The summed E-state index contributed by atoms with van der Waals surface area (Å²) in [7, 11) is 0. The van der Waals surface area contributed by atoms with Crippen molar-refractivity contribution >= 4 is 34.1 Å². The Kier molecular flexibility index (Phi) is 5.23. The molecule has 0 bridgehead atoms. The summed E-state index contributed by atoms with van der Waals surface area (Å²) < 4.78 is 1.56. The Hall–Kier alpha value is -2.54. The Morgan fingerprint density at radius 1 is 1.28 bits per heavy atom. The number of benzene rings is 2. The first-order valence-electron chi connectivity index (χ1n) is 8.20. The van der Waals surface area contributed by atoms with Crippen molar-refractivity contribution < 1.29 is 4.79 Å². The van der Waals surface area contributed by atoms with Crippen LogP contribution in [0.3, 0.4) is 0 Å². The minimum Gasteiger partial charge on any atom is -0.325 e. The Morgan fingerprint density at radius 2 is 2.04 bits per heavy atom. The average Bonchev–Trinajstić information content (AvgIpc) is 2.95. The standard InChI is InChI=1S/C18H20N4O2S/c1-3-10-22-17(24)20-21-18(22)25-12(2)16(23)19-15-9-8-13-6-4-5-7-14(13)11-15/h4-9,11-12H,3,10H2,1-2H3,(H,19,23)(H,20,24)/t12-/m1/s1. The summed E-state index contributed by atoms with van der Waals surface area (Å²) in [6.07, 6.45) is 0.824. The van der Waals surface area contributed by atoms with Gasteiger partial charge in [-0.3, -0.25) is 9.36 Å². The molecule has 0 radical (unpaired) electrons. The quantitative estimate of drug-likeness (QED) is 0.665. The van der Waals surface area contributed by atoms with E-state index in [0.717, 1.165) is 22.9 Å². The number of nitrogens with one attached hydrogen (secondary N) is 2. The highest BCUT2D eigenvalue weighted by Crippen LogP contribution is 2.23. The van der Waals surface area contributed by atoms with Gasteiger partial charge in [0.1, 0.15) is 0 Å². The molecule has 0 aliphatic rings. The first-order valence-corrected chi connectivity index (χ1v) is 9.08. The number of hydrogen-bond donors (Lipinski definition) is 2. The maximum atomic E-state index is 12.5. The van der Waals surface area contributed by atoms with Gasteiger partial charge < -0.3 is 5.32 Å². The van der Waals surface area contributed by atoms with Crippen molar-refractivity contribution in [2.75, 3.05) is 5.32 Å². The summed E-state index contributed by atoms with van der Waals surface area (Å²) in [6, 6.07) is 13.8. The Balaban J connectivity index is 1.70. The topological polar surface area (TPSA) is 79.8 Å². The second-order valence-corrected chi connectivity index (χ2v) is 7.08. The van der Waals surface area contributed by atoms with Gasteiger partial charge in [0.25, 0.3) is 0 Å². The van der Waals surface area contributed by atoms with Gasteiger partial charge in [-0.2, -0.15) is 0 Å². The van der Waals surface area contributed by atoms with Crippen LogP contribution >= 0.6 is 11.8 Å². The van der Waals surface area contributed by atoms with Crippen LogP contribution in [0.25, 0.3) is 10.8 Å². The molecule has 7 heteroatoms. The number of hydrogen-bond acceptors (Lipinski definition) is 4. The van der Waals surface area contributed by atoms with Gasteiger partial charge in [-0.1, -0.05) is 49.0 Å². The lowest BCUT2D eigenvalue weighted by molar-refractivity contribution is -0.115. The van der Waals surface area contributed by atoms with Crippen molar-refractivity contribution in [1.29, 1.82) is 0 Å². The predicted octanol–water partition coefficient (Wildman–Crippen LogP) is 3.25. The van der Waals surface area contributed by atoms with Gasteiger partial charge in [0, 0.05) is 12.2 Å². The van der Waals surface area contributed by atoms with E-state index in [1.54, 1.807) is 11.5 Å². The minimum absolute atomic E-state index is 0.126. The maximum Gasteiger partial charge on any atom is 0.343 e. The lowest BCUT2D eigenvalue weighted by Gasteiger charge is -2.12. The van der Waals surface area contributed by atoms with Crippen LogP contribution in [0.1, 0.15) is 20.3 Å². The van der Waals surface area contributed by atoms with Crippen molar-refractivity contribution in [3.05, 3.63) is 52.9 Å². The zero-order valence-electron chi connectivity index (χ0n) is 14.2. The predicted molar refractivity (Wildman–Crippen MR) is 101 cm³/mol. The number of carbonyl (C=O) groups is 1. The van der Waals surface area contributed by atoms with Gasteiger partial charge in [-0.25, -0.2) is 9.89 Å². The van der Waals surface area contributed by atoms with Crippen LogP contribution in [0.15, 0.2) is 52.4 Å². The fraction of sp³-hybridized carbons (Fsp3) is 0.278. The molecule has 0 saturated heterocycles. The summed E-state index contributed by atoms with van der Waals surface area (Å²) in [5.74, 6) is -0.126. The van der Waals surface area contributed by atoms with Gasteiger partial charge in [-0.15, -0.1) is 5.10 Å². The van der Waals surface area contributed by atoms with Gasteiger partial charge in [0.05, 0.1) is 5.25 Å². The van der Waals surface area contributed by atoms with E-state index < -0.39 is 0 Å². The van der Waals surface area contributed by atoms with Crippen LogP contribution in [-0.4, -0.2) is 25.9 Å². The van der Waals surface area contributed by atoms with Crippen molar-refractivity contribution in [1.82, 2.24) is 14.8 Å². The van der Waals surface area contributed by atoms with Gasteiger partial charge in [0.2, 0.25) is 5.91 Å². The smallest absolute Gasteiger partial charge is 0.325 e. The molecule has 0 saturated carbocycles. The van der Waals surface area contributed by atoms with E-state index in [9.17, 15) is 9.59 Å². The number of aromatic nitrogens is 3. The van der Waals surface area contributed by atoms with Crippen molar-refractivity contribution in [2.45, 2.75) is 37.2 Å². The number of aromatic amines is 1. The fourth-order valence-electron chi connectivity index (χ4n) is 2.54. The van der Waals surface area contributed by atoms with Gasteiger partial charge in [-0.05, 0) is 36.2 Å². The highest BCUT2D eigenvalue weighted by Gasteiger charge is 2.19. The number of amides is 1. The van der Waals surface area contributed by atoms with Gasteiger partial charge in [0.15, 0.2) is 5.16 Å². The fourth-order valence-corrected chi connectivity index (χ4v) is 3.42. The molecule has 25 heavy (non-hydrogen) atoms. The molecular weight excluding hydrogens is 336 g/mol. The summed E-state index contributed by atoms with van der Waals surface area (Å²) >= 11 is 1.27. The first-order chi connectivity index (χ1) is 12.1. The first kappa shape index (κ1) is 17.3. The van der Waals surface area contributed by atoms with Crippen LogP contribution in [0.4, 0.5) is 5.69 Å². The highest BCUT2D eigenvalue weighted by molar-refractivity contribution is 8.00. The second-order valence-electron chi connectivity index (χ2n) is 5.77. The van der Waals surface area contributed by atoms with Crippen LogP contribution in [-0.2, 0) is 11.3 Å². The van der Waals surface area contributed by atoms with Crippen LogP contribution in [0.5, 0.6) is 0 Å². The molecule has 2 aromatic carbocycles. The van der Waals surface area contributed by atoms with Crippen molar-refractivity contribution in [3.8, 4) is 0 Å². The third kappa shape index (κ3) is 3.93. The molecule has 0 aliphatic heterocycles. The SMILES string of the molecule is CCCn1c(S[C@H](C)C(=O)Nc2ccc3ccccc3c2)n[nH]c1=O. The molecule has 0 unspecified atom stereocenters. The maximum absolute atomic E-state index is 12.5. The number of thioether (sulfide) groups is 1. The number of carbonyl (C=O) groups excluding carboxylic acids is 1. The van der Waals surface area contributed by atoms with Crippen LogP contribution in [0, 0.1) is 0 Å². The van der Waals surface area contributed by atoms with E-state index in [1.165, 1.54) is 11.8 Å².